The van der Waals surface area contributed by atoms with E-state index in [4.69, 9.17) is 5.73 Å². The molecule has 0 unspecified atom stereocenters. The number of nitrogens with one attached hydrogen (secondary N) is 2. The molecule has 0 atom stereocenters. The average Bonchev–Trinajstić information content (AvgIpc) is 2.50. The van der Waals surface area contributed by atoms with Crippen LogP contribution in [0.4, 0.5) is 0 Å². The maximum absolute atomic E-state index is 9.88. The van der Waals surface area contributed by atoms with Crippen LogP contribution in [0.25, 0.3) is 0 Å². The zero-order valence-electron chi connectivity index (χ0n) is 12.2. The first-order valence-corrected chi connectivity index (χ1v) is 8.43. The number of phenols is 4. The number of hydrogen-bond donors (Lipinski definition) is 5. The van der Waals surface area contributed by atoms with Gasteiger partial charge in [-0.2, -0.15) is 0 Å². The van der Waals surface area contributed by atoms with Gasteiger partial charge in [-0.15, -0.1) is 0 Å². The molecule has 0 fully saturated rings. The number of phenolic OH excluding ortho intramolecular Hbond substituents is 4. The molecule has 6 N–H and O–H groups in total. The first-order valence-electron chi connectivity index (χ1n) is 6.71. The quantitative estimate of drug-likeness (QED) is 0.543. The first kappa shape index (κ1) is 17.2. The molecule has 6 nitrogen and oxygen atoms in total. The van der Waals surface area contributed by atoms with Crippen molar-refractivity contribution >= 4 is 9.91 Å². The Morgan fingerprint density at radius 1 is 0.870 bits per heavy atom. The van der Waals surface area contributed by atoms with Crippen molar-refractivity contribution in [3.8, 4) is 23.0 Å². The van der Waals surface area contributed by atoms with E-state index in [2.05, 4.69) is 4.37 Å². The van der Waals surface area contributed by atoms with E-state index in [1.54, 1.807) is 22.0 Å². The standard InChI is InChI=1S/2C7H6O2.C2H6N2.Co/c2*1-5-2-3-6(8)4-7(5)9;3-1-2-4;/h2*1-4,8-9H;3-4H,1-2H2;/q;;-1;+1. The van der Waals surface area contributed by atoms with E-state index in [9.17, 15) is 20.4 Å². The van der Waals surface area contributed by atoms with E-state index in [1.807, 2.05) is 0 Å². The second kappa shape index (κ2) is 7.88. The van der Waals surface area contributed by atoms with Crippen molar-refractivity contribution in [3.05, 3.63) is 47.5 Å². The Morgan fingerprint density at radius 3 is 1.74 bits per heavy atom. The van der Waals surface area contributed by atoms with Gasteiger partial charge < -0.3 is 0 Å². The molecule has 2 aromatic carbocycles. The third kappa shape index (κ3) is 4.90. The van der Waals surface area contributed by atoms with Crippen LogP contribution in [0.5, 0.6) is 23.0 Å². The molecule has 0 bridgehead atoms. The summed E-state index contributed by atoms with van der Waals surface area (Å²) in [5.41, 5.74) is 8.33. The SMILES string of the molecule is [NH]CC[NH]/[Co](=[CH]\c1ccc(O)cc1O)=[CH]/c1ccc(O)cc1O. The van der Waals surface area contributed by atoms with Crippen molar-refractivity contribution in [2.24, 2.45) is 0 Å². The summed E-state index contributed by atoms with van der Waals surface area (Å²) in [7, 11) is 0. The van der Waals surface area contributed by atoms with Gasteiger partial charge in [-0.3, -0.25) is 0 Å². The number of rotatable bonds is 5. The van der Waals surface area contributed by atoms with Crippen LogP contribution < -0.4 is 10.1 Å². The van der Waals surface area contributed by atoms with E-state index >= 15 is 0 Å². The number of aromatic hydroxyl groups is 4. The topological polar surface area (TPSA) is 117 Å². The third-order valence-electron chi connectivity index (χ3n) is 2.79. The molecule has 7 heteroatoms. The molecule has 0 aliphatic heterocycles. The van der Waals surface area contributed by atoms with Crippen LogP contribution in [-0.2, 0) is 13.0 Å². The Balaban J connectivity index is 2.47. The van der Waals surface area contributed by atoms with Crippen LogP contribution in [0.3, 0.4) is 0 Å². The van der Waals surface area contributed by atoms with E-state index in [-0.39, 0.29) is 29.5 Å². The minimum absolute atomic E-state index is 0.0250. The number of hydrogen-bond acceptors (Lipinski definition) is 5. The van der Waals surface area contributed by atoms with Crippen LogP contribution in [0.1, 0.15) is 11.1 Å². The van der Waals surface area contributed by atoms with Gasteiger partial charge in [-0.05, 0) is 0 Å². The predicted molar refractivity (Wildman–Crippen MR) is 85.8 cm³/mol. The summed E-state index contributed by atoms with van der Waals surface area (Å²) in [5.74, 6) is -0.147. The summed E-state index contributed by atoms with van der Waals surface area (Å²) in [5, 5.41) is 38.4. The molecule has 0 saturated carbocycles. The zero-order valence-corrected chi connectivity index (χ0v) is 13.2. The molecule has 1 radical (unpaired) electrons. The van der Waals surface area contributed by atoms with Crippen molar-refractivity contribution in [2.75, 3.05) is 13.1 Å². The molecule has 2 rings (SSSR count). The van der Waals surface area contributed by atoms with Crippen LogP contribution in [0.2, 0.25) is 0 Å². The Bertz CT molecular complexity index is 724. The second-order valence-corrected chi connectivity index (χ2v) is 6.52. The molecular weight excluding hydrogens is 343 g/mol. The molecule has 0 spiro atoms. The fourth-order valence-corrected chi connectivity index (χ4v) is 3.62. The van der Waals surface area contributed by atoms with Crippen molar-refractivity contribution in [1.82, 2.24) is 10.1 Å². The van der Waals surface area contributed by atoms with Crippen molar-refractivity contribution in [2.45, 2.75) is 0 Å². The van der Waals surface area contributed by atoms with E-state index in [0.29, 0.717) is 17.7 Å². The molecule has 0 saturated heterocycles. The van der Waals surface area contributed by atoms with E-state index in [1.165, 1.54) is 24.3 Å². The Kier molecular flexibility index (Phi) is 5.88. The minimum atomic E-state index is -1.05. The van der Waals surface area contributed by atoms with Gasteiger partial charge in [0.1, 0.15) is 0 Å². The number of benzene rings is 2. The van der Waals surface area contributed by atoms with Gasteiger partial charge in [-0.1, -0.05) is 0 Å². The fraction of sp³-hybridized carbons (Fsp3) is 0.125. The maximum atomic E-state index is 9.88. The van der Waals surface area contributed by atoms with Gasteiger partial charge in [0, 0.05) is 0 Å². The molecular formula is C16H18CoN2O4. The Morgan fingerprint density at radius 2 is 1.35 bits per heavy atom. The average molecular weight is 361 g/mol. The summed E-state index contributed by atoms with van der Waals surface area (Å²) in [6.45, 7) is 0.651. The van der Waals surface area contributed by atoms with Crippen LogP contribution in [-0.4, -0.2) is 43.4 Å². The normalized spacial score (nSPS) is 13.3. The van der Waals surface area contributed by atoms with Gasteiger partial charge in [-0.25, -0.2) is 0 Å². The molecule has 2 aromatic rings. The van der Waals surface area contributed by atoms with Crippen LogP contribution in [0, 0.1) is 0 Å². The first-order chi connectivity index (χ1) is 11.0. The summed E-state index contributed by atoms with van der Waals surface area (Å²) >= 11 is -1.05. The zero-order chi connectivity index (χ0) is 16.8. The van der Waals surface area contributed by atoms with Crippen LogP contribution in [0.15, 0.2) is 36.4 Å². The van der Waals surface area contributed by atoms with E-state index < -0.39 is 13.0 Å². The molecule has 0 aromatic heterocycles. The predicted octanol–water partition coefficient (Wildman–Crippen LogP) is 0.915. The van der Waals surface area contributed by atoms with Gasteiger partial charge in [0.2, 0.25) is 0 Å². The molecule has 0 amide bonds. The molecule has 0 aliphatic carbocycles. The van der Waals surface area contributed by atoms with Crippen molar-refractivity contribution in [3.63, 3.8) is 0 Å². The fourth-order valence-electron chi connectivity index (χ4n) is 1.68. The summed E-state index contributed by atoms with van der Waals surface area (Å²) < 4.78 is 3.17. The Labute approximate surface area is 137 Å². The molecule has 125 valence electrons. The van der Waals surface area contributed by atoms with Gasteiger partial charge in [0.25, 0.3) is 0 Å². The van der Waals surface area contributed by atoms with Crippen molar-refractivity contribution < 1.29 is 33.4 Å². The summed E-state index contributed by atoms with van der Waals surface area (Å²) in [4.78, 5) is 3.56. The summed E-state index contributed by atoms with van der Waals surface area (Å²) in [6.07, 6.45) is 0. The summed E-state index contributed by atoms with van der Waals surface area (Å²) in [6, 6.07) is 8.63. The molecule has 0 aliphatic rings. The molecule has 23 heavy (non-hydrogen) atoms. The Hall–Kier alpha value is -2.19. The van der Waals surface area contributed by atoms with Gasteiger partial charge in [0.05, 0.1) is 0 Å². The molecule has 0 heterocycles. The van der Waals surface area contributed by atoms with Gasteiger partial charge >= 0.3 is 137 Å². The third-order valence-corrected chi connectivity index (χ3v) is 4.77. The second-order valence-electron chi connectivity index (χ2n) is 4.60. The monoisotopic (exact) mass is 361 g/mol. The van der Waals surface area contributed by atoms with Crippen molar-refractivity contribution in [1.29, 1.82) is 0 Å². The van der Waals surface area contributed by atoms with Crippen LogP contribution >= 0.6 is 0 Å². The van der Waals surface area contributed by atoms with E-state index in [0.717, 1.165) is 0 Å². The van der Waals surface area contributed by atoms with Gasteiger partial charge in [0.15, 0.2) is 0 Å².